The van der Waals surface area contributed by atoms with E-state index >= 15 is 0 Å². The molecule has 0 aromatic rings. The summed E-state index contributed by atoms with van der Waals surface area (Å²) in [6.07, 6.45) is 38.3. The molecule has 1 aliphatic heterocycles. The number of carbonyl (C=O) groups is 6. The van der Waals surface area contributed by atoms with Gasteiger partial charge in [-0.2, -0.15) is 0 Å². The van der Waals surface area contributed by atoms with E-state index in [9.17, 15) is 33.9 Å². The zero-order valence-electron chi connectivity index (χ0n) is 40.3. The van der Waals surface area contributed by atoms with Crippen molar-refractivity contribution in [2.24, 2.45) is 23.7 Å². The molecule has 62 heavy (non-hydrogen) atoms. The molecule has 1 saturated heterocycles. The SMILES string of the molecule is CC.CCCCCC(/C=C/C=C\CCCCCCCC(C)=O)C(CC(=O)O)C(=O)O.CCCCCCCCC(/C=C/CCCCCCC(=O)OC(CC)CC)C1CC(=O)OC1=O. The van der Waals surface area contributed by atoms with E-state index in [0.717, 1.165) is 116 Å². The number of rotatable bonds is 37. The number of aliphatic carboxylic acids is 2. The van der Waals surface area contributed by atoms with Crippen LogP contribution in [0.2, 0.25) is 0 Å². The molecular weight excluding hydrogens is 785 g/mol. The maximum atomic E-state index is 12.1. The first-order valence-electron chi connectivity index (χ1n) is 24.8. The fourth-order valence-electron chi connectivity index (χ4n) is 7.49. The molecule has 4 atom stereocenters. The summed E-state index contributed by atoms with van der Waals surface area (Å²) in [6.45, 7) is 14.0. The van der Waals surface area contributed by atoms with E-state index in [1.54, 1.807) is 6.92 Å². The van der Waals surface area contributed by atoms with Crippen LogP contribution in [0.25, 0.3) is 0 Å². The number of ketones is 1. The maximum Gasteiger partial charge on any atom is 0.317 e. The summed E-state index contributed by atoms with van der Waals surface area (Å²) in [4.78, 5) is 68.8. The molecule has 0 aromatic heterocycles. The molecule has 1 fully saturated rings. The Labute approximate surface area is 377 Å². The van der Waals surface area contributed by atoms with Gasteiger partial charge in [0, 0.05) is 12.8 Å². The summed E-state index contributed by atoms with van der Waals surface area (Å²) in [7, 11) is 0. The lowest BCUT2D eigenvalue weighted by Crippen LogP contribution is -2.25. The summed E-state index contributed by atoms with van der Waals surface area (Å²) in [5.41, 5.74) is 0. The van der Waals surface area contributed by atoms with Gasteiger partial charge in [-0.05, 0) is 83.0 Å². The molecule has 0 aliphatic carbocycles. The third-order valence-electron chi connectivity index (χ3n) is 11.3. The number of esters is 3. The predicted molar refractivity (Wildman–Crippen MR) is 252 cm³/mol. The molecule has 0 bridgehead atoms. The molecule has 0 amide bonds. The van der Waals surface area contributed by atoms with Crippen molar-refractivity contribution in [1.82, 2.24) is 0 Å². The molecule has 0 spiro atoms. The minimum absolute atomic E-state index is 0.0596. The van der Waals surface area contributed by atoms with Gasteiger partial charge in [0.25, 0.3) is 0 Å². The van der Waals surface area contributed by atoms with Crippen LogP contribution in [0, 0.1) is 23.7 Å². The molecular formula is C52H90O10. The van der Waals surface area contributed by atoms with Crippen molar-refractivity contribution < 1.29 is 48.5 Å². The number of hydrogen-bond acceptors (Lipinski definition) is 8. The van der Waals surface area contributed by atoms with E-state index in [0.29, 0.717) is 19.3 Å². The highest BCUT2D eigenvalue weighted by Gasteiger charge is 2.37. The number of carboxylic acid groups (broad SMARTS) is 2. The van der Waals surface area contributed by atoms with Gasteiger partial charge >= 0.3 is 29.8 Å². The fraction of sp³-hybridized carbons (Fsp3) is 0.769. The number of ether oxygens (including phenoxy) is 2. The van der Waals surface area contributed by atoms with Crippen LogP contribution in [0.15, 0.2) is 36.5 Å². The van der Waals surface area contributed by atoms with Gasteiger partial charge in [-0.25, -0.2) is 0 Å². The van der Waals surface area contributed by atoms with Crippen LogP contribution < -0.4 is 0 Å². The van der Waals surface area contributed by atoms with Gasteiger partial charge in [0.15, 0.2) is 0 Å². The standard InChI is InChI=1S/C27H46O5.C23H38O5.C2H6/c1-4-7-8-9-12-15-18-22(24-21-26(29)32-27(24)30)19-16-13-10-11-14-17-20-25(28)31-23(5-2)6-3;1-3-4-12-16-20(21(23(27)28)18-22(25)26)17-14-11-9-7-5-6-8-10-13-15-19(2)24;1-2/h16,19,22-24H,4-15,17-18,20-21H2,1-3H3;9,11,14,17,20-21H,3-8,10,12-13,15-16,18H2,1-2H3,(H,25,26)(H,27,28);1-2H3/b19-16+;11-9-,17-14+;. The second kappa shape index (κ2) is 42.7. The topological polar surface area (TPSA) is 161 Å². The monoisotopic (exact) mass is 875 g/mol. The van der Waals surface area contributed by atoms with Gasteiger partial charge in [-0.1, -0.05) is 168 Å². The lowest BCUT2D eigenvalue weighted by molar-refractivity contribution is -0.154. The third-order valence-corrected chi connectivity index (χ3v) is 11.3. The molecule has 2 N–H and O–H groups in total. The van der Waals surface area contributed by atoms with Gasteiger partial charge in [-0.15, -0.1) is 0 Å². The summed E-state index contributed by atoms with van der Waals surface area (Å²) in [5.74, 6) is -4.01. The Kier molecular flexibility index (Phi) is 41.7. The van der Waals surface area contributed by atoms with Gasteiger partial charge in [0.2, 0.25) is 0 Å². The maximum absolute atomic E-state index is 12.1. The molecule has 0 radical (unpaired) electrons. The minimum atomic E-state index is -1.07. The van der Waals surface area contributed by atoms with Crippen LogP contribution in [-0.2, 0) is 38.2 Å². The van der Waals surface area contributed by atoms with Gasteiger partial charge in [0.1, 0.15) is 11.9 Å². The molecule has 10 heteroatoms. The zero-order valence-corrected chi connectivity index (χ0v) is 40.3. The van der Waals surface area contributed by atoms with Crippen LogP contribution in [0.3, 0.4) is 0 Å². The number of hydrogen-bond donors (Lipinski definition) is 2. The lowest BCUT2D eigenvalue weighted by Gasteiger charge is -2.19. The van der Waals surface area contributed by atoms with Crippen molar-refractivity contribution in [2.75, 3.05) is 0 Å². The Morgan fingerprint density at radius 3 is 1.76 bits per heavy atom. The van der Waals surface area contributed by atoms with Crippen LogP contribution >= 0.6 is 0 Å². The van der Waals surface area contributed by atoms with E-state index in [-0.39, 0.29) is 60.4 Å². The molecule has 10 nitrogen and oxygen atoms in total. The number of cyclic esters (lactones) is 2. The molecule has 4 unspecified atom stereocenters. The average molecular weight is 875 g/mol. The van der Waals surface area contributed by atoms with Crippen molar-refractivity contribution in [3.05, 3.63) is 36.5 Å². The van der Waals surface area contributed by atoms with Crippen LogP contribution in [0.4, 0.5) is 0 Å². The molecule has 1 rings (SSSR count). The van der Waals surface area contributed by atoms with E-state index in [4.69, 9.17) is 14.6 Å². The number of Topliss-reactive ketones (excluding diaryl/α,β-unsaturated/α-hetero) is 1. The molecule has 0 saturated carbocycles. The van der Waals surface area contributed by atoms with Gasteiger partial charge in [-0.3, -0.25) is 24.0 Å². The number of carbonyl (C=O) groups excluding carboxylic acids is 4. The summed E-state index contributed by atoms with van der Waals surface area (Å²) >= 11 is 0. The second-order valence-corrected chi connectivity index (χ2v) is 16.7. The highest BCUT2D eigenvalue weighted by atomic mass is 16.6. The van der Waals surface area contributed by atoms with E-state index in [2.05, 4.69) is 32.1 Å². The van der Waals surface area contributed by atoms with Crippen molar-refractivity contribution in [2.45, 2.75) is 234 Å². The van der Waals surface area contributed by atoms with E-state index in [1.807, 2.05) is 45.9 Å². The Bertz CT molecular complexity index is 1260. The van der Waals surface area contributed by atoms with Gasteiger partial charge < -0.3 is 24.5 Å². The first-order valence-corrected chi connectivity index (χ1v) is 24.8. The number of carboxylic acids is 2. The Morgan fingerprint density at radius 1 is 0.677 bits per heavy atom. The smallest absolute Gasteiger partial charge is 0.317 e. The Balaban J connectivity index is 0. The molecule has 358 valence electrons. The summed E-state index contributed by atoms with van der Waals surface area (Å²) < 4.78 is 10.2. The second-order valence-electron chi connectivity index (χ2n) is 16.7. The number of allylic oxidation sites excluding steroid dienone is 6. The zero-order chi connectivity index (χ0) is 46.8. The van der Waals surface area contributed by atoms with Crippen molar-refractivity contribution in [3.63, 3.8) is 0 Å². The Morgan fingerprint density at radius 2 is 1.21 bits per heavy atom. The first-order chi connectivity index (χ1) is 29.9. The van der Waals surface area contributed by atoms with Crippen molar-refractivity contribution >= 4 is 35.6 Å². The van der Waals surface area contributed by atoms with Crippen LogP contribution in [0.5, 0.6) is 0 Å². The molecule has 1 aliphatic rings. The Hall–Kier alpha value is -3.56. The fourth-order valence-corrected chi connectivity index (χ4v) is 7.49. The first kappa shape index (κ1) is 60.5. The highest BCUT2D eigenvalue weighted by molar-refractivity contribution is 5.94. The third kappa shape index (κ3) is 35.0. The van der Waals surface area contributed by atoms with Crippen LogP contribution in [-0.4, -0.2) is 51.9 Å². The lowest BCUT2D eigenvalue weighted by atomic mass is 9.85. The van der Waals surface area contributed by atoms with E-state index < -0.39 is 17.9 Å². The summed E-state index contributed by atoms with van der Waals surface area (Å²) in [5, 5.41) is 18.4. The quantitative estimate of drug-likeness (QED) is 0.0202. The highest BCUT2D eigenvalue weighted by Crippen LogP contribution is 2.30. The average Bonchev–Trinajstić information content (AvgIpc) is 3.59. The number of unbranched alkanes of at least 4 members (excludes halogenated alkanes) is 16. The molecule has 0 aromatic carbocycles. The van der Waals surface area contributed by atoms with E-state index in [1.165, 1.54) is 32.1 Å². The minimum Gasteiger partial charge on any atom is -0.481 e. The summed E-state index contributed by atoms with van der Waals surface area (Å²) in [6, 6.07) is 0. The largest absolute Gasteiger partial charge is 0.481 e. The van der Waals surface area contributed by atoms with Crippen LogP contribution in [0.1, 0.15) is 228 Å². The van der Waals surface area contributed by atoms with Crippen molar-refractivity contribution in [1.29, 1.82) is 0 Å². The predicted octanol–water partition coefficient (Wildman–Crippen LogP) is 13.9. The van der Waals surface area contributed by atoms with Crippen molar-refractivity contribution in [3.8, 4) is 0 Å². The van der Waals surface area contributed by atoms with Gasteiger partial charge in [0.05, 0.1) is 24.7 Å². The molecule has 1 heterocycles. The normalized spacial score (nSPS) is 15.3.